The van der Waals surface area contributed by atoms with Gasteiger partial charge in [0.05, 0.1) is 0 Å². The van der Waals surface area contributed by atoms with Crippen LogP contribution in [0.1, 0.15) is 46.5 Å². The van der Waals surface area contributed by atoms with E-state index in [1.165, 1.54) is 32.4 Å². The van der Waals surface area contributed by atoms with Gasteiger partial charge in [-0.2, -0.15) is 0 Å². The molecule has 0 amide bonds. The van der Waals surface area contributed by atoms with Crippen LogP contribution >= 0.6 is 0 Å². The van der Waals surface area contributed by atoms with Crippen molar-refractivity contribution >= 4 is 0 Å². The van der Waals surface area contributed by atoms with Crippen LogP contribution in [0.15, 0.2) is 0 Å². The molecule has 2 rings (SSSR count). The monoisotopic (exact) mass is 268 g/mol. The van der Waals surface area contributed by atoms with Gasteiger partial charge in [0.1, 0.15) is 0 Å². The van der Waals surface area contributed by atoms with E-state index >= 15 is 0 Å². The SMILES string of the molecule is CC(C)CNC1CC(CCO)CN(C(C)C2CC2)C1. The Morgan fingerprint density at radius 2 is 1.95 bits per heavy atom. The van der Waals surface area contributed by atoms with Crippen LogP contribution in [0.25, 0.3) is 0 Å². The van der Waals surface area contributed by atoms with Crippen LogP contribution in [0.3, 0.4) is 0 Å². The molecule has 0 aromatic heterocycles. The van der Waals surface area contributed by atoms with Gasteiger partial charge in [0, 0.05) is 31.8 Å². The molecule has 0 aromatic carbocycles. The molecule has 0 bridgehead atoms. The summed E-state index contributed by atoms with van der Waals surface area (Å²) in [4.78, 5) is 2.68. The lowest BCUT2D eigenvalue weighted by atomic mass is 9.90. The summed E-state index contributed by atoms with van der Waals surface area (Å²) in [6.45, 7) is 10.8. The third-order valence-electron chi connectivity index (χ3n) is 4.80. The van der Waals surface area contributed by atoms with Gasteiger partial charge in [-0.15, -0.1) is 0 Å². The predicted octanol–water partition coefficient (Wildman–Crippen LogP) is 2.10. The standard InChI is InChI=1S/C16H32N2O/c1-12(2)9-17-16-8-14(6-7-19)10-18(11-16)13(3)15-4-5-15/h12-17,19H,4-11H2,1-3H3. The number of aliphatic hydroxyl groups is 1. The number of aliphatic hydroxyl groups excluding tert-OH is 1. The van der Waals surface area contributed by atoms with Gasteiger partial charge in [-0.1, -0.05) is 13.8 Å². The average molecular weight is 268 g/mol. The molecule has 2 N–H and O–H groups in total. The zero-order chi connectivity index (χ0) is 13.8. The number of hydrogen-bond donors (Lipinski definition) is 2. The maximum absolute atomic E-state index is 9.23. The number of nitrogens with zero attached hydrogens (tertiary/aromatic N) is 1. The van der Waals surface area contributed by atoms with E-state index in [2.05, 4.69) is 31.0 Å². The summed E-state index contributed by atoms with van der Waals surface area (Å²) in [7, 11) is 0. The molecule has 3 atom stereocenters. The minimum atomic E-state index is 0.340. The normalized spacial score (nSPS) is 30.8. The van der Waals surface area contributed by atoms with Gasteiger partial charge in [0.15, 0.2) is 0 Å². The van der Waals surface area contributed by atoms with Crippen LogP contribution < -0.4 is 5.32 Å². The van der Waals surface area contributed by atoms with Crippen LogP contribution in [0, 0.1) is 17.8 Å². The summed E-state index contributed by atoms with van der Waals surface area (Å²) in [6, 6.07) is 1.36. The van der Waals surface area contributed by atoms with Crippen molar-refractivity contribution in [2.45, 2.75) is 58.5 Å². The molecule has 1 saturated heterocycles. The summed E-state index contributed by atoms with van der Waals surface area (Å²) in [6.07, 6.45) is 5.05. The molecule has 2 aliphatic rings. The maximum atomic E-state index is 9.23. The highest BCUT2D eigenvalue weighted by Crippen LogP contribution is 2.36. The fourth-order valence-corrected chi connectivity index (χ4v) is 3.39. The summed E-state index contributed by atoms with van der Waals surface area (Å²) < 4.78 is 0. The first kappa shape index (κ1) is 15.3. The molecule has 19 heavy (non-hydrogen) atoms. The van der Waals surface area contributed by atoms with E-state index in [9.17, 15) is 5.11 Å². The van der Waals surface area contributed by atoms with Crippen molar-refractivity contribution in [3.63, 3.8) is 0 Å². The molecule has 1 heterocycles. The lowest BCUT2D eigenvalue weighted by Crippen LogP contribution is -2.53. The zero-order valence-corrected chi connectivity index (χ0v) is 12.9. The van der Waals surface area contributed by atoms with E-state index < -0.39 is 0 Å². The Balaban J connectivity index is 1.87. The van der Waals surface area contributed by atoms with E-state index in [0.717, 1.165) is 24.9 Å². The van der Waals surface area contributed by atoms with Gasteiger partial charge in [0.25, 0.3) is 0 Å². The number of likely N-dealkylation sites (tertiary alicyclic amines) is 1. The van der Waals surface area contributed by atoms with Crippen molar-refractivity contribution in [2.24, 2.45) is 17.8 Å². The van der Waals surface area contributed by atoms with E-state index in [4.69, 9.17) is 0 Å². The van der Waals surface area contributed by atoms with Gasteiger partial charge in [-0.3, -0.25) is 4.90 Å². The highest BCUT2D eigenvalue weighted by Gasteiger charge is 2.36. The quantitative estimate of drug-likeness (QED) is 0.742. The Bertz CT molecular complexity index is 265. The highest BCUT2D eigenvalue weighted by molar-refractivity contribution is 4.91. The Hall–Kier alpha value is -0.120. The van der Waals surface area contributed by atoms with Crippen LogP contribution in [0.4, 0.5) is 0 Å². The Labute approximate surface area is 118 Å². The molecule has 0 aromatic rings. The molecule has 0 spiro atoms. The molecule has 1 saturated carbocycles. The second-order valence-corrected chi connectivity index (χ2v) is 7.14. The number of nitrogens with one attached hydrogen (secondary N) is 1. The largest absolute Gasteiger partial charge is 0.396 e. The fourth-order valence-electron chi connectivity index (χ4n) is 3.39. The molecule has 0 radical (unpaired) electrons. The van der Waals surface area contributed by atoms with E-state index in [1.54, 1.807) is 0 Å². The highest BCUT2D eigenvalue weighted by atomic mass is 16.3. The van der Waals surface area contributed by atoms with Crippen molar-refractivity contribution in [3.05, 3.63) is 0 Å². The number of hydrogen-bond acceptors (Lipinski definition) is 3. The predicted molar refractivity (Wildman–Crippen MR) is 80.2 cm³/mol. The first-order valence-corrected chi connectivity index (χ1v) is 8.18. The second kappa shape index (κ2) is 7.05. The summed E-state index contributed by atoms with van der Waals surface area (Å²) in [5.41, 5.74) is 0. The van der Waals surface area contributed by atoms with E-state index in [0.29, 0.717) is 24.5 Å². The molecule has 3 heteroatoms. The smallest absolute Gasteiger partial charge is 0.0434 e. The van der Waals surface area contributed by atoms with Crippen molar-refractivity contribution < 1.29 is 5.11 Å². The van der Waals surface area contributed by atoms with Gasteiger partial charge in [0.2, 0.25) is 0 Å². The van der Waals surface area contributed by atoms with Crippen LogP contribution in [-0.2, 0) is 0 Å². The zero-order valence-electron chi connectivity index (χ0n) is 12.9. The lowest BCUT2D eigenvalue weighted by Gasteiger charge is -2.41. The third-order valence-corrected chi connectivity index (χ3v) is 4.80. The summed E-state index contributed by atoms with van der Waals surface area (Å²) >= 11 is 0. The third kappa shape index (κ3) is 4.73. The fraction of sp³-hybridized carbons (Fsp3) is 1.00. The lowest BCUT2D eigenvalue weighted by molar-refractivity contribution is 0.0813. The minimum absolute atomic E-state index is 0.340. The molecule has 2 fully saturated rings. The molecular weight excluding hydrogens is 236 g/mol. The van der Waals surface area contributed by atoms with Gasteiger partial charge in [-0.25, -0.2) is 0 Å². The van der Waals surface area contributed by atoms with Crippen LogP contribution in [0.5, 0.6) is 0 Å². The second-order valence-electron chi connectivity index (χ2n) is 7.14. The first-order valence-electron chi connectivity index (χ1n) is 8.18. The Kier molecular flexibility index (Phi) is 5.67. The summed E-state index contributed by atoms with van der Waals surface area (Å²) in [5.74, 6) is 2.33. The van der Waals surface area contributed by atoms with Crippen LogP contribution in [-0.4, -0.2) is 48.3 Å². The number of rotatable bonds is 7. The maximum Gasteiger partial charge on any atom is 0.0434 e. The van der Waals surface area contributed by atoms with E-state index in [1.807, 2.05) is 0 Å². The minimum Gasteiger partial charge on any atom is -0.396 e. The van der Waals surface area contributed by atoms with Gasteiger partial charge < -0.3 is 10.4 Å². The van der Waals surface area contributed by atoms with E-state index in [-0.39, 0.29) is 0 Å². The van der Waals surface area contributed by atoms with Crippen molar-refractivity contribution in [2.75, 3.05) is 26.2 Å². The topological polar surface area (TPSA) is 35.5 Å². The Morgan fingerprint density at radius 3 is 2.53 bits per heavy atom. The molecule has 3 nitrogen and oxygen atoms in total. The molecule has 112 valence electrons. The van der Waals surface area contributed by atoms with Crippen molar-refractivity contribution in [3.8, 4) is 0 Å². The molecule has 1 aliphatic heterocycles. The molecule has 3 unspecified atom stereocenters. The molecule has 1 aliphatic carbocycles. The average Bonchev–Trinajstić information content (AvgIpc) is 3.20. The number of piperidine rings is 1. The Morgan fingerprint density at radius 1 is 1.21 bits per heavy atom. The van der Waals surface area contributed by atoms with Crippen molar-refractivity contribution in [1.82, 2.24) is 10.2 Å². The van der Waals surface area contributed by atoms with Crippen molar-refractivity contribution in [1.29, 1.82) is 0 Å². The summed E-state index contributed by atoms with van der Waals surface area (Å²) in [5, 5.41) is 13.0. The molecular formula is C16H32N2O. The first-order chi connectivity index (χ1) is 9.10. The van der Waals surface area contributed by atoms with Gasteiger partial charge >= 0.3 is 0 Å². The van der Waals surface area contributed by atoms with Gasteiger partial charge in [-0.05, 0) is 56.9 Å². The van der Waals surface area contributed by atoms with Crippen LogP contribution in [0.2, 0.25) is 0 Å².